The molecule has 0 aliphatic carbocycles. The highest BCUT2D eigenvalue weighted by molar-refractivity contribution is 5.71. The number of nitrogens with one attached hydrogen (secondary N) is 1. The zero-order valence-electron chi connectivity index (χ0n) is 14.0. The van der Waals surface area contributed by atoms with Crippen molar-refractivity contribution in [3.8, 4) is 11.3 Å². The summed E-state index contributed by atoms with van der Waals surface area (Å²) in [7, 11) is 0. The lowest BCUT2D eigenvalue weighted by atomic mass is 10.0. The van der Waals surface area contributed by atoms with Crippen LogP contribution < -0.4 is 10.2 Å². The maximum absolute atomic E-state index is 14.1. The number of fused-ring (bicyclic) bond motifs is 1. The molecule has 0 unspecified atom stereocenters. The molecule has 2 aliphatic rings. The average molecular weight is 381 g/mol. The molecule has 0 spiro atoms. The normalized spacial score (nSPS) is 20.7. The molecule has 142 valence electrons. The molecule has 1 atom stereocenters. The van der Waals surface area contributed by atoms with Gasteiger partial charge in [0.1, 0.15) is 6.04 Å². The fraction of sp³-hybridized carbons (Fsp3) is 0.438. The molecule has 0 saturated carbocycles. The number of hydrogen-bond acceptors (Lipinski definition) is 5. The molecule has 7 nitrogen and oxygen atoms in total. The molecule has 2 fully saturated rings. The van der Waals surface area contributed by atoms with Gasteiger partial charge in [-0.2, -0.15) is 22.7 Å². The van der Waals surface area contributed by atoms with Crippen molar-refractivity contribution in [3.05, 3.63) is 30.7 Å². The third-order valence-corrected chi connectivity index (χ3v) is 5.13. The smallest absolute Gasteiger partial charge is 0.341 e. The minimum atomic E-state index is -4.37. The van der Waals surface area contributed by atoms with E-state index in [0.29, 0.717) is 11.3 Å². The van der Waals surface area contributed by atoms with Gasteiger partial charge in [-0.15, -0.1) is 0 Å². The second kappa shape index (κ2) is 5.65. The van der Waals surface area contributed by atoms with Gasteiger partial charge in [-0.25, -0.2) is 9.97 Å². The second-order valence-electron chi connectivity index (χ2n) is 6.78. The predicted molar refractivity (Wildman–Crippen MR) is 87.9 cm³/mol. The van der Waals surface area contributed by atoms with Crippen LogP contribution in [0.1, 0.15) is 12.5 Å². The molecule has 3 aromatic rings. The standard InChI is InChI=1S/C16H15F4N7/c17-13-6-22-14-15(25-2-1-12(25)16(18,19)20)24-11(8-26(13)14)9-3-23-27(7-9)10-4-21-5-10/h3,6-8,10,12,21H,1-2,4-5H2/t12-/m1/s1. The van der Waals surface area contributed by atoms with Gasteiger partial charge in [-0.1, -0.05) is 0 Å². The van der Waals surface area contributed by atoms with Crippen LogP contribution in [-0.2, 0) is 0 Å². The first-order chi connectivity index (χ1) is 12.9. The van der Waals surface area contributed by atoms with E-state index >= 15 is 0 Å². The van der Waals surface area contributed by atoms with Crippen molar-refractivity contribution in [1.29, 1.82) is 0 Å². The van der Waals surface area contributed by atoms with E-state index in [0.717, 1.165) is 28.6 Å². The minimum Gasteiger partial charge on any atom is -0.341 e. The summed E-state index contributed by atoms with van der Waals surface area (Å²) in [5.41, 5.74) is 1.03. The summed E-state index contributed by atoms with van der Waals surface area (Å²) in [5.74, 6) is -0.627. The first-order valence-corrected chi connectivity index (χ1v) is 8.54. The van der Waals surface area contributed by atoms with Crippen molar-refractivity contribution in [3.63, 3.8) is 0 Å². The molecule has 27 heavy (non-hydrogen) atoms. The highest BCUT2D eigenvalue weighted by atomic mass is 19.4. The molecule has 0 aromatic carbocycles. The molecule has 5 rings (SSSR count). The van der Waals surface area contributed by atoms with Gasteiger partial charge in [-0.05, 0) is 6.42 Å². The van der Waals surface area contributed by atoms with Crippen molar-refractivity contribution in [2.24, 2.45) is 0 Å². The Kier molecular flexibility index (Phi) is 3.45. The molecule has 0 radical (unpaired) electrons. The maximum atomic E-state index is 14.1. The third-order valence-electron chi connectivity index (χ3n) is 5.13. The van der Waals surface area contributed by atoms with E-state index in [2.05, 4.69) is 20.4 Å². The number of imidazole rings is 1. The monoisotopic (exact) mass is 381 g/mol. The van der Waals surface area contributed by atoms with Crippen LogP contribution in [0.3, 0.4) is 0 Å². The van der Waals surface area contributed by atoms with Crippen molar-refractivity contribution in [2.45, 2.75) is 24.7 Å². The summed E-state index contributed by atoms with van der Waals surface area (Å²) in [6.07, 6.45) is 1.38. The maximum Gasteiger partial charge on any atom is 0.408 e. The zero-order valence-corrected chi connectivity index (χ0v) is 14.0. The summed E-state index contributed by atoms with van der Waals surface area (Å²) in [6, 6.07) is -1.40. The predicted octanol–water partition coefficient (Wildman–Crippen LogP) is 2.02. The Hall–Kier alpha value is -2.69. The van der Waals surface area contributed by atoms with E-state index in [-0.39, 0.29) is 30.5 Å². The number of nitrogens with zero attached hydrogens (tertiary/aromatic N) is 6. The molecule has 3 aromatic heterocycles. The first-order valence-electron chi connectivity index (χ1n) is 8.54. The molecular formula is C16H15F4N7. The van der Waals surface area contributed by atoms with Gasteiger partial charge >= 0.3 is 6.18 Å². The number of hydrogen-bond donors (Lipinski definition) is 1. The molecule has 2 saturated heterocycles. The van der Waals surface area contributed by atoms with Crippen LogP contribution in [0.2, 0.25) is 0 Å². The highest BCUT2D eigenvalue weighted by Crippen LogP contribution is 2.38. The lowest BCUT2D eigenvalue weighted by molar-refractivity contribution is -0.159. The Bertz CT molecular complexity index is 1000. The number of aromatic nitrogens is 5. The van der Waals surface area contributed by atoms with Crippen LogP contribution in [0.5, 0.6) is 0 Å². The summed E-state index contributed by atoms with van der Waals surface area (Å²) in [6.45, 7) is 1.80. The Morgan fingerprint density at radius 1 is 1.15 bits per heavy atom. The van der Waals surface area contributed by atoms with Gasteiger partial charge in [0.2, 0.25) is 5.95 Å². The number of rotatable bonds is 3. The molecule has 11 heteroatoms. The van der Waals surface area contributed by atoms with Gasteiger partial charge < -0.3 is 10.2 Å². The summed E-state index contributed by atoms with van der Waals surface area (Å²) in [4.78, 5) is 9.44. The first kappa shape index (κ1) is 16.5. The molecule has 5 heterocycles. The van der Waals surface area contributed by atoms with E-state index in [1.54, 1.807) is 17.1 Å². The Labute approximate surface area is 150 Å². The molecule has 1 N–H and O–H groups in total. The zero-order chi connectivity index (χ0) is 18.8. The van der Waals surface area contributed by atoms with Gasteiger partial charge in [0.25, 0.3) is 0 Å². The van der Waals surface area contributed by atoms with E-state index in [1.165, 1.54) is 6.20 Å². The Morgan fingerprint density at radius 3 is 2.59 bits per heavy atom. The summed E-state index contributed by atoms with van der Waals surface area (Å²) < 4.78 is 56.7. The van der Waals surface area contributed by atoms with Gasteiger partial charge in [-0.3, -0.25) is 9.08 Å². The van der Waals surface area contributed by atoms with Crippen LogP contribution in [0.15, 0.2) is 24.8 Å². The second-order valence-corrected chi connectivity index (χ2v) is 6.78. The third kappa shape index (κ3) is 2.56. The topological polar surface area (TPSA) is 63.3 Å². The van der Waals surface area contributed by atoms with Crippen LogP contribution in [0.4, 0.5) is 23.4 Å². The van der Waals surface area contributed by atoms with Crippen molar-refractivity contribution in [2.75, 3.05) is 24.5 Å². The summed E-state index contributed by atoms with van der Waals surface area (Å²) in [5, 5.41) is 7.44. The van der Waals surface area contributed by atoms with Crippen LogP contribution in [0.25, 0.3) is 16.9 Å². The molecule has 0 bridgehead atoms. The molecular weight excluding hydrogens is 366 g/mol. The number of halogens is 4. The van der Waals surface area contributed by atoms with E-state index in [9.17, 15) is 17.6 Å². The van der Waals surface area contributed by atoms with Crippen LogP contribution in [0, 0.1) is 5.95 Å². The lowest BCUT2D eigenvalue weighted by Crippen LogP contribution is -2.56. The van der Waals surface area contributed by atoms with E-state index < -0.39 is 18.2 Å². The number of alkyl halides is 3. The summed E-state index contributed by atoms with van der Waals surface area (Å²) >= 11 is 0. The van der Waals surface area contributed by atoms with E-state index in [1.807, 2.05) is 0 Å². The minimum absolute atomic E-state index is 0.0165. The Balaban J connectivity index is 1.60. The SMILES string of the molecule is Fc1cnc2c(N3CC[C@@H]3C(F)(F)F)nc(-c3cnn(C4CNC4)c3)cn12. The number of anilines is 1. The van der Waals surface area contributed by atoms with Gasteiger partial charge in [0.05, 0.1) is 24.1 Å². The largest absolute Gasteiger partial charge is 0.408 e. The highest BCUT2D eigenvalue weighted by Gasteiger charge is 2.50. The van der Waals surface area contributed by atoms with Crippen molar-refractivity contribution in [1.82, 2.24) is 29.5 Å². The average Bonchev–Trinajstić information content (AvgIpc) is 3.11. The van der Waals surface area contributed by atoms with Gasteiger partial charge in [0.15, 0.2) is 11.5 Å². The van der Waals surface area contributed by atoms with Crippen molar-refractivity contribution < 1.29 is 17.6 Å². The lowest BCUT2D eigenvalue weighted by Gasteiger charge is -2.42. The molecule has 2 aliphatic heterocycles. The fourth-order valence-corrected chi connectivity index (χ4v) is 3.39. The van der Waals surface area contributed by atoms with E-state index in [4.69, 9.17) is 0 Å². The van der Waals surface area contributed by atoms with Gasteiger partial charge in [0, 0.05) is 37.6 Å². The fourth-order valence-electron chi connectivity index (χ4n) is 3.39. The van der Waals surface area contributed by atoms with Crippen LogP contribution in [-0.4, -0.2) is 56.0 Å². The Morgan fingerprint density at radius 2 is 1.96 bits per heavy atom. The van der Waals surface area contributed by atoms with Crippen molar-refractivity contribution >= 4 is 11.5 Å². The molecule has 0 amide bonds. The quantitative estimate of drug-likeness (QED) is 0.704. The van der Waals surface area contributed by atoms with Crippen LogP contribution >= 0.6 is 0 Å².